The van der Waals surface area contributed by atoms with Crippen LogP contribution in [0.4, 0.5) is 0 Å². The van der Waals surface area contributed by atoms with E-state index in [4.69, 9.17) is 35.0 Å². The quantitative estimate of drug-likeness (QED) is 0.263. The molecule has 0 saturated heterocycles. The van der Waals surface area contributed by atoms with Gasteiger partial charge in [0.05, 0.1) is 54.3 Å². The minimum atomic E-state index is -0.888. The summed E-state index contributed by atoms with van der Waals surface area (Å²) in [6, 6.07) is 12.6. The van der Waals surface area contributed by atoms with E-state index in [0.717, 1.165) is 11.3 Å². The summed E-state index contributed by atoms with van der Waals surface area (Å²) in [5, 5.41) is 0.253. The van der Waals surface area contributed by atoms with Crippen LogP contribution in [0.3, 0.4) is 0 Å². The summed E-state index contributed by atoms with van der Waals surface area (Å²) >= 11 is 7.31. The Kier molecular flexibility index (Phi) is 8.56. The van der Waals surface area contributed by atoms with E-state index in [0.29, 0.717) is 49.2 Å². The summed E-state index contributed by atoms with van der Waals surface area (Å²) in [4.78, 5) is 44.3. The first kappa shape index (κ1) is 29.9. The van der Waals surface area contributed by atoms with Crippen molar-refractivity contribution in [1.82, 2.24) is 4.57 Å². The van der Waals surface area contributed by atoms with Crippen molar-refractivity contribution in [2.24, 2.45) is 4.99 Å². The monoisotopic (exact) mass is 622 g/mol. The molecule has 5 rings (SSSR count). The highest BCUT2D eigenvalue weighted by Crippen LogP contribution is 2.38. The predicted octanol–water partition coefficient (Wildman–Crippen LogP) is 4.52. The first-order valence-corrected chi connectivity index (χ1v) is 14.3. The number of allylic oxidation sites excluding steroid dienone is 1. The van der Waals surface area contributed by atoms with Gasteiger partial charge in [-0.05, 0) is 62.4 Å². The molecule has 0 aliphatic carbocycles. The molecule has 0 N–H and O–H groups in total. The van der Waals surface area contributed by atoms with Crippen LogP contribution in [0.25, 0.3) is 17.4 Å². The van der Waals surface area contributed by atoms with Gasteiger partial charge < -0.3 is 23.4 Å². The van der Waals surface area contributed by atoms with E-state index in [1.165, 1.54) is 25.9 Å². The van der Waals surface area contributed by atoms with Crippen LogP contribution < -0.4 is 24.4 Å². The molecule has 43 heavy (non-hydrogen) atoms. The first-order chi connectivity index (χ1) is 20.7. The first-order valence-electron chi connectivity index (χ1n) is 13.1. The fourth-order valence-electron chi connectivity index (χ4n) is 4.80. The SMILES string of the molecule is CCOC(=O)C1=C(C)N=c2s/c(=C\c3ccc(-c4ccc(Cl)c(C(=O)OC)c4)o3)c(=O)n2[C@H]1c1cc(OC)ccc1OC. The van der Waals surface area contributed by atoms with E-state index in [1.54, 1.807) is 68.5 Å². The van der Waals surface area contributed by atoms with Gasteiger partial charge in [0.15, 0.2) is 4.80 Å². The summed E-state index contributed by atoms with van der Waals surface area (Å²) in [5.74, 6) is 0.683. The number of ether oxygens (including phenoxy) is 4. The number of hydrogen-bond donors (Lipinski definition) is 0. The van der Waals surface area contributed by atoms with Crippen LogP contribution in [-0.2, 0) is 14.3 Å². The second kappa shape index (κ2) is 12.3. The maximum atomic E-state index is 14.0. The van der Waals surface area contributed by atoms with Crippen molar-refractivity contribution in [2.75, 3.05) is 27.9 Å². The van der Waals surface area contributed by atoms with Crippen LogP contribution in [0.5, 0.6) is 11.5 Å². The summed E-state index contributed by atoms with van der Waals surface area (Å²) in [6.07, 6.45) is 1.60. The van der Waals surface area contributed by atoms with Crippen molar-refractivity contribution in [2.45, 2.75) is 19.9 Å². The molecule has 0 radical (unpaired) electrons. The Balaban J connectivity index is 1.65. The molecule has 1 aliphatic rings. The third-order valence-corrected chi connectivity index (χ3v) is 8.12. The number of fused-ring (bicyclic) bond motifs is 1. The molecule has 0 amide bonds. The van der Waals surface area contributed by atoms with Gasteiger partial charge >= 0.3 is 11.9 Å². The molecular formula is C31H27ClN2O8S. The average molecular weight is 623 g/mol. The molecule has 12 heteroatoms. The average Bonchev–Trinajstić information content (AvgIpc) is 3.60. The van der Waals surface area contributed by atoms with Gasteiger partial charge in [-0.25, -0.2) is 14.6 Å². The minimum Gasteiger partial charge on any atom is -0.497 e. The maximum absolute atomic E-state index is 14.0. The number of methoxy groups -OCH3 is 3. The molecule has 0 bridgehead atoms. The van der Waals surface area contributed by atoms with Gasteiger partial charge in [-0.3, -0.25) is 9.36 Å². The number of benzene rings is 2. The van der Waals surface area contributed by atoms with Crippen LogP contribution in [0.1, 0.15) is 41.6 Å². The van der Waals surface area contributed by atoms with Crippen LogP contribution >= 0.6 is 22.9 Å². The molecule has 0 spiro atoms. The number of esters is 2. The van der Waals surface area contributed by atoms with Crippen molar-refractivity contribution in [3.05, 3.63) is 101 Å². The minimum absolute atomic E-state index is 0.150. The predicted molar refractivity (Wildman–Crippen MR) is 160 cm³/mol. The van der Waals surface area contributed by atoms with Gasteiger partial charge in [0.2, 0.25) is 0 Å². The van der Waals surface area contributed by atoms with Crippen LogP contribution in [0.2, 0.25) is 5.02 Å². The summed E-state index contributed by atoms with van der Waals surface area (Å²) in [6.45, 7) is 3.57. The molecule has 0 saturated carbocycles. The second-order valence-corrected chi connectivity index (χ2v) is 10.7. The van der Waals surface area contributed by atoms with Crippen LogP contribution in [-0.4, -0.2) is 44.4 Å². The molecule has 3 heterocycles. The lowest BCUT2D eigenvalue weighted by atomic mass is 9.95. The highest BCUT2D eigenvalue weighted by molar-refractivity contribution is 7.07. The van der Waals surface area contributed by atoms with Crippen LogP contribution in [0, 0.1) is 0 Å². The molecule has 222 valence electrons. The van der Waals surface area contributed by atoms with E-state index in [2.05, 4.69) is 4.99 Å². The molecule has 4 aromatic rings. The zero-order valence-corrected chi connectivity index (χ0v) is 25.5. The number of aromatic nitrogens is 1. The Hall–Kier alpha value is -4.61. The normalized spacial score (nSPS) is 14.7. The van der Waals surface area contributed by atoms with Gasteiger partial charge in [0.1, 0.15) is 29.1 Å². The fraction of sp³-hybridized carbons (Fsp3) is 0.226. The summed E-state index contributed by atoms with van der Waals surface area (Å²) in [7, 11) is 4.32. The second-order valence-electron chi connectivity index (χ2n) is 9.30. The van der Waals surface area contributed by atoms with E-state index >= 15 is 0 Å². The maximum Gasteiger partial charge on any atom is 0.339 e. The number of rotatable bonds is 8. The Morgan fingerprint density at radius 2 is 1.86 bits per heavy atom. The smallest absolute Gasteiger partial charge is 0.339 e. The molecule has 2 aromatic heterocycles. The number of carbonyl (C=O) groups is 2. The molecule has 2 aromatic carbocycles. The molecular weight excluding hydrogens is 596 g/mol. The van der Waals surface area contributed by atoms with Crippen molar-refractivity contribution in [1.29, 1.82) is 0 Å². The number of carbonyl (C=O) groups excluding carboxylic acids is 2. The number of hydrogen-bond acceptors (Lipinski definition) is 10. The third-order valence-electron chi connectivity index (χ3n) is 6.80. The van der Waals surface area contributed by atoms with Gasteiger partial charge in [-0.15, -0.1) is 0 Å². The lowest BCUT2D eigenvalue weighted by molar-refractivity contribution is -0.139. The Bertz CT molecular complexity index is 1950. The standard InChI is InChI=1S/C31H27ClN2O8S/c1-6-41-30(37)26-16(2)33-31-34(27(26)21-14-18(38-3)8-12-24(21)39-4)28(35)25(43-31)15-19-9-11-23(42-19)17-7-10-22(32)20(13-17)29(36)40-5/h7-15,27H,6H2,1-5H3/b25-15-/t27-/m0/s1. The summed E-state index contributed by atoms with van der Waals surface area (Å²) < 4.78 is 29.0. The topological polar surface area (TPSA) is 119 Å². The van der Waals surface area contributed by atoms with Crippen LogP contribution in [0.15, 0.2) is 74.0 Å². The molecule has 1 aliphatic heterocycles. The Morgan fingerprint density at radius 3 is 2.56 bits per heavy atom. The lowest BCUT2D eigenvalue weighted by Gasteiger charge is -2.26. The van der Waals surface area contributed by atoms with Gasteiger partial charge in [-0.1, -0.05) is 22.9 Å². The fourth-order valence-corrected chi connectivity index (χ4v) is 6.02. The zero-order valence-electron chi connectivity index (χ0n) is 23.9. The van der Waals surface area contributed by atoms with Crippen molar-refractivity contribution in [3.63, 3.8) is 0 Å². The van der Waals surface area contributed by atoms with Gasteiger partial charge in [0, 0.05) is 17.2 Å². The van der Waals surface area contributed by atoms with E-state index in [1.807, 2.05) is 0 Å². The number of thiazole rings is 1. The Labute approximate surface area is 255 Å². The zero-order chi connectivity index (χ0) is 30.8. The third kappa shape index (κ3) is 5.61. The van der Waals surface area contributed by atoms with E-state index in [9.17, 15) is 14.4 Å². The summed E-state index contributed by atoms with van der Waals surface area (Å²) in [5.41, 5.74) is 1.60. The molecule has 0 unspecified atom stereocenters. The van der Waals surface area contributed by atoms with Crippen molar-refractivity contribution < 1.29 is 33.0 Å². The molecule has 0 fully saturated rings. The lowest BCUT2D eigenvalue weighted by Crippen LogP contribution is -2.40. The van der Waals surface area contributed by atoms with Crippen molar-refractivity contribution >= 4 is 41.0 Å². The van der Waals surface area contributed by atoms with Gasteiger partial charge in [-0.2, -0.15) is 0 Å². The van der Waals surface area contributed by atoms with E-state index in [-0.39, 0.29) is 28.3 Å². The number of furan rings is 1. The van der Waals surface area contributed by atoms with Gasteiger partial charge in [0.25, 0.3) is 5.56 Å². The van der Waals surface area contributed by atoms with E-state index < -0.39 is 18.0 Å². The highest BCUT2D eigenvalue weighted by Gasteiger charge is 2.35. The molecule has 1 atom stereocenters. The Morgan fingerprint density at radius 1 is 1.07 bits per heavy atom. The number of halogens is 1. The molecule has 10 nitrogen and oxygen atoms in total. The number of nitrogens with zero attached hydrogens (tertiary/aromatic N) is 2. The highest BCUT2D eigenvalue weighted by atomic mass is 35.5. The largest absolute Gasteiger partial charge is 0.497 e. The van der Waals surface area contributed by atoms with Crippen molar-refractivity contribution in [3.8, 4) is 22.8 Å².